The molecule has 4 rings (SSSR count). The van der Waals surface area contributed by atoms with Gasteiger partial charge in [-0.15, -0.1) is 0 Å². The van der Waals surface area contributed by atoms with Crippen LogP contribution in [0.15, 0.2) is 47.3 Å². The van der Waals surface area contributed by atoms with Crippen LogP contribution in [0.25, 0.3) is 16.7 Å². The minimum Gasteiger partial charge on any atom is -0.508 e. The molecular weight excluding hydrogens is 425 g/mol. The van der Waals surface area contributed by atoms with Crippen LogP contribution in [0.3, 0.4) is 0 Å². The first-order chi connectivity index (χ1) is 16.0. The summed E-state index contributed by atoms with van der Waals surface area (Å²) in [5.41, 5.74) is 6.46. The number of nitrogens with two attached hydrogens (primary N) is 1. The Labute approximate surface area is 189 Å². The van der Waals surface area contributed by atoms with E-state index in [4.69, 9.17) is 5.73 Å². The largest absolute Gasteiger partial charge is 0.508 e. The third kappa shape index (κ3) is 5.35. The normalized spacial score (nSPS) is 11.2. The van der Waals surface area contributed by atoms with Crippen LogP contribution >= 0.6 is 0 Å². The third-order valence-electron chi connectivity index (χ3n) is 5.24. The van der Waals surface area contributed by atoms with Gasteiger partial charge in [0.15, 0.2) is 0 Å². The lowest BCUT2D eigenvalue weighted by molar-refractivity contribution is 0.475. The number of nitrogens with zero attached hydrogens (tertiary/aromatic N) is 4. The highest BCUT2D eigenvalue weighted by atomic mass is 19.1. The number of hydrogen-bond acceptors (Lipinski definition) is 8. The maximum absolute atomic E-state index is 13.8. The van der Waals surface area contributed by atoms with Crippen molar-refractivity contribution in [3.8, 4) is 5.75 Å². The van der Waals surface area contributed by atoms with E-state index >= 15 is 0 Å². The van der Waals surface area contributed by atoms with E-state index in [-0.39, 0.29) is 22.9 Å². The fourth-order valence-corrected chi connectivity index (χ4v) is 3.51. The van der Waals surface area contributed by atoms with Crippen LogP contribution in [0.5, 0.6) is 5.75 Å². The standard InChI is InChI=1S/C23H26FN7O2/c24-16-6-9-19-18(14-16)20(33)31-22(27-13-10-15-4-7-17(32)8-5-15)29-21(30-23(31)28-19)26-12-3-1-2-11-25/h4-9,14,32H,1-3,10-13,25H2,(H2,26,27,28,29,30). The van der Waals surface area contributed by atoms with Gasteiger partial charge in [0.05, 0.1) is 10.9 Å². The van der Waals surface area contributed by atoms with Crippen molar-refractivity contribution < 1.29 is 9.50 Å². The first-order valence-corrected chi connectivity index (χ1v) is 10.9. The summed E-state index contributed by atoms with van der Waals surface area (Å²) in [6.07, 6.45) is 3.48. The first-order valence-electron chi connectivity index (χ1n) is 10.9. The van der Waals surface area contributed by atoms with E-state index in [1.807, 2.05) is 12.1 Å². The summed E-state index contributed by atoms with van der Waals surface area (Å²) >= 11 is 0. The number of phenols is 1. The maximum Gasteiger partial charge on any atom is 0.269 e. The van der Waals surface area contributed by atoms with Gasteiger partial charge in [-0.2, -0.15) is 9.97 Å². The highest BCUT2D eigenvalue weighted by molar-refractivity contribution is 5.79. The highest BCUT2D eigenvalue weighted by Crippen LogP contribution is 2.15. The molecule has 2 aromatic carbocycles. The molecule has 4 aromatic rings. The van der Waals surface area contributed by atoms with Gasteiger partial charge in [-0.05, 0) is 61.7 Å². The molecule has 0 bridgehead atoms. The van der Waals surface area contributed by atoms with Crippen LogP contribution in [0.4, 0.5) is 16.3 Å². The smallest absolute Gasteiger partial charge is 0.269 e. The molecule has 5 N–H and O–H groups in total. The molecule has 2 aromatic heterocycles. The molecule has 0 unspecified atom stereocenters. The molecule has 0 aliphatic heterocycles. The minimum absolute atomic E-state index is 0.153. The maximum atomic E-state index is 13.8. The number of anilines is 2. The second-order valence-electron chi connectivity index (χ2n) is 7.70. The molecular formula is C23H26FN7O2. The van der Waals surface area contributed by atoms with Crippen LogP contribution in [-0.4, -0.2) is 44.1 Å². The van der Waals surface area contributed by atoms with E-state index in [2.05, 4.69) is 25.6 Å². The second kappa shape index (κ2) is 10.2. The van der Waals surface area contributed by atoms with Gasteiger partial charge in [0.1, 0.15) is 11.6 Å². The Morgan fingerprint density at radius 2 is 1.79 bits per heavy atom. The van der Waals surface area contributed by atoms with Gasteiger partial charge in [0.25, 0.3) is 5.56 Å². The number of rotatable bonds is 10. The summed E-state index contributed by atoms with van der Waals surface area (Å²) in [5.74, 6) is 0.480. The van der Waals surface area contributed by atoms with Gasteiger partial charge in [-0.1, -0.05) is 18.6 Å². The fourth-order valence-electron chi connectivity index (χ4n) is 3.51. The van der Waals surface area contributed by atoms with Gasteiger partial charge >= 0.3 is 0 Å². The SMILES string of the molecule is NCCCCCNc1nc(NCCc2ccc(O)cc2)n2c(=O)c3cc(F)ccc3nc2n1. The van der Waals surface area contributed by atoms with Gasteiger partial charge in [-0.25, -0.2) is 13.8 Å². The first kappa shape index (κ1) is 22.4. The van der Waals surface area contributed by atoms with Crippen molar-refractivity contribution in [3.05, 3.63) is 64.2 Å². The molecule has 0 atom stereocenters. The molecule has 0 aliphatic rings. The van der Waals surface area contributed by atoms with E-state index in [0.29, 0.717) is 37.5 Å². The van der Waals surface area contributed by atoms with E-state index in [9.17, 15) is 14.3 Å². The molecule has 0 aliphatic carbocycles. The Morgan fingerprint density at radius 3 is 2.58 bits per heavy atom. The van der Waals surface area contributed by atoms with Crippen molar-refractivity contribution in [2.75, 3.05) is 30.3 Å². The van der Waals surface area contributed by atoms with Gasteiger partial charge in [0.2, 0.25) is 17.7 Å². The van der Waals surface area contributed by atoms with Gasteiger partial charge in [-0.3, -0.25) is 4.79 Å². The Bertz CT molecular complexity index is 1310. The van der Waals surface area contributed by atoms with Crippen molar-refractivity contribution in [2.45, 2.75) is 25.7 Å². The lowest BCUT2D eigenvalue weighted by Crippen LogP contribution is -2.23. The molecule has 0 saturated heterocycles. The van der Waals surface area contributed by atoms with Crippen LogP contribution in [0.2, 0.25) is 0 Å². The summed E-state index contributed by atoms with van der Waals surface area (Å²) in [4.78, 5) is 26.5. The van der Waals surface area contributed by atoms with Crippen molar-refractivity contribution in [3.63, 3.8) is 0 Å². The number of fused-ring (bicyclic) bond motifs is 2. The van der Waals surface area contributed by atoms with Gasteiger partial charge in [0, 0.05) is 13.1 Å². The second-order valence-corrected chi connectivity index (χ2v) is 7.70. The van der Waals surface area contributed by atoms with Crippen molar-refractivity contribution in [2.24, 2.45) is 5.73 Å². The quantitative estimate of drug-likeness (QED) is 0.214. The summed E-state index contributed by atoms with van der Waals surface area (Å²) in [5, 5.41) is 16.0. The molecule has 9 nitrogen and oxygen atoms in total. The molecule has 10 heteroatoms. The molecule has 172 valence electrons. The number of nitrogens with one attached hydrogen (secondary N) is 2. The van der Waals surface area contributed by atoms with Crippen molar-refractivity contribution in [1.82, 2.24) is 19.4 Å². The highest BCUT2D eigenvalue weighted by Gasteiger charge is 2.14. The average molecular weight is 452 g/mol. The van der Waals surface area contributed by atoms with Crippen LogP contribution in [0, 0.1) is 5.82 Å². The predicted octanol–water partition coefficient (Wildman–Crippen LogP) is 2.68. The van der Waals surface area contributed by atoms with Crippen LogP contribution in [0.1, 0.15) is 24.8 Å². The Balaban J connectivity index is 1.65. The fraction of sp³-hybridized carbons (Fsp3) is 0.304. The lowest BCUT2D eigenvalue weighted by atomic mass is 10.1. The number of benzene rings is 2. The summed E-state index contributed by atoms with van der Waals surface area (Å²) in [6.45, 7) is 1.79. The Hall–Kier alpha value is -3.79. The van der Waals surface area contributed by atoms with E-state index in [1.54, 1.807) is 12.1 Å². The van der Waals surface area contributed by atoms with E-state index in [0.717, 1.165) is 24.8 Å². The summed E-state index contributed by atoms with van der Waals surface area (Å²) < 4.78 is 15.0. The number of hydrogen-bond donors (Lipinski definition) is 4. The molecule has 0 radical (unpaired) electrons. The zero-order valence-electron chi connectivity index (χ0n) is 18.1. The average Bonchev–Trinajstić information content (AvgIpc) is 2.80. The number of aromatic nitrogens is 4. The molecule has 0 spiro atoms. The van der Waals surface area contributed by atoms with Crippen molar-refractivity contribution in [1.29, 1.82) is 0 Å². The van der Waals surface area contributed by atoms with Crippen molar-refractivity contribution >= 4 is 28.6 Å². The minimum atomic E-state index is -0.514. The predicted molar refractivity (Wildman–Crippen MR) is 126 cm³/mol. The lowest BCUT2D eigenvalue weighted by Gasteiger charge is -2.13. The van der Waals surface area contributed by atoms with Crippen LogP contribution in [-0.2, 0) is 6.42 Å². The molecule has 0 saturated carbocycles. The molecule has 0 amide bonds. The van der Waals surface area contributed by atoms with E-state index in [1.165, 1.54) is 22.6 Å². The molecule has 33 heavy (non-hydrogen) atoms. The zero-order valence-corrected chi connectivity index (χ0v) is 18.1. The summed E-state index contributed by atoms with van der Waals surface area (Å²) in [7, 11) is 0. The molecule has 2 heterocycles. The zero-order chi connectivity index (χ0) is 23.2. The summed E-state index contributed by atoms with van der Waals surface area (Å²) in [6, 6.07) is 10.8. The monoisotopic (exact) mass is 451 g/mol. The number of phenolic OH excluding ortho intramolecular Hbond substituents is 1. The van der Waals surface area contributed by atoms with E-state index < -0.39 is 11.4 Å². The number of aromatic hydroxyl groups is 1. The van der Waals surface area contributed by atoms with Gasteiger partial charge < -0.3 is 21.5 Å². The topological polar surface area (TPSA) is 130 Å². The number of halogens is 1. The third-order valence-corrected chi connectivity index (χ3v) is 5.24. The molecule has 0 fully saturated rings. The Kier molecular flexibility index (Phi) is 6.94. The Morgan fingerprint density at radius 1 is 0.970 bits per heavy atom. The number of unbranched alkanes of at least 4 members (excludes halogenated alkanes) is 2. The van der Waals surface area contributed by atoms with Crippen LogP contribution < -0.4 is 21.9 Å².